The van der Waals surface area contributed by atoms with Crippen LogP contribution in [0.5, 0.6) is 11.5 Å². The zero-order valence-electron chi connectivity index (χ0n) is 18.4. The van der Waals surface area contributed by atoms with Crippen LogP contribution in [-0.4, -0.2) is 14.2 Å². The predicted octanol–water partition coefficient (Wildman–Crippen LogP) is 6.81. The summed E-state index contributed by atoms with van der Waals surface area (Å²) in [4.78, 5) is 13.3. The summed E-state index contributed by atoms with van der Waals surface area (Å²) in [5, 5.41) is 0.553. The standard InChI is InChI=1S/C29H22O4/c1-31-23-12-8-19(9-13-23)22-16-25(20-10-14-24(32-2)15-11-20)29-26(30)18-27(33-28(29)17-22)21-6-4-3-5-7-21/h3-18H,1-2H3. The van der Waals surface area contributed by atoms with E-state index >= 15 is 0 Å². The van der Waals surface area contributed by atoms with E-state index in [-0.39, 0.29) is 5.43 Å². The molecule has 162 valence electrons. The van der Waals surface area contributed by atoms with Gasteiger partial charge in [-0.25, -0.2) is 0 Å². The third-order valence-electron chi connectivity index (χ3n) is 5.71. The molecular weight excluding hydrogens is 412 g/mol. The van der Waals surface area contributed by atoms with Crippen LogP contribution >= 0.6 is 0 Å². The SMILES string of the molecule is COc1ccc(-c2cc(-c3ccc(OC)cc3)c3c(=O)cc(-c4ccccc4)oc3c2)cc1. The summed E-state index contributed by atoms with van der Waals surface area (Å²) in [6.45, 7) is 0. The molecule has 0 saturated carbocycles. The van der Waals surface area contributed by atoms with E-state index in [1.165, 1.54) is 0 Å². The second kappa shape index (κ2) is 8.67. The minimum Gasteiger partial charge on any atom is -0.497 e. The van der Waals surface area contributed by atoms with Gasteiger partial charge in [0.05, 0.1) is 19.6 Å². The fraction of sp³-hybridized carbons (Fsp3) is 0.0690. The Morgan fingerprint density at radius 1 is 0.606 bits per heavy atom. The van der Waals surface area contributed by atoms with Gasteiger partial charge in [0.2, 0.25) is 0 Å². The Labute approximate surface area is 191 Å². The predicted molar refractivity (Wildman–Crippen MR) is 132 cm³/mol. The smallest absolute Gasteiger partial charge is 0.193 e. The van der Waals surface area contributed by atoms with Gasteiger partial charge in [-0.05, 0) is 58.7 Å². The van der Waals surface area contributed by atoms with Gasteiger partial charge in [0.1, 0.15) is 22.8 Å². The monoisotopic (exact) mass is 434 g/mol. The molecule has 0 unspecified atom stereocenters. The first-order valence-corrected chi connectivity index (χ1v) is 10.6. The van der Waals surface area contributed by atoms with Gasteiger partial charge in [0.15, 0.2) is 5.43 Å². The quantitative estimate of drug-likeness (QED) is 0.305. The van der Waals surface area contributed by atoms with Crippen molar-refractivity contribution in [3.63, 3.8) is 0 Å². The number of hydrogen-bond donors (Lipinski definition) is 0. The maximum Gasteiger partial charge on any atom is 0.193 e. The van der Waals surface area contributed by atoms with Gasteiger partial charge in [0, 0.05) is 11.6 Å². The number of benzene rings is 4. The van der Waals surface area contributed by atoms with E-state index in [0.29, 0.717) is 16.7 Å². The zero-order valence-corrected chi connectivity index (χ0v) is 18.4. The van der Waals surface area contributed by atoms with Crippen LogP contribution in [0.2, 0.25) is 0 Å². The van der Waals surface area contributed by atoms with Gasteiger partial charge >= 0.3 is 0 Å². The summed E-state index contributed by atoms with van der Waals surface area (Å²) in [5.41, 5.74) is 5.00. The van der Waals surface area contributed by atoms with E-state index in [1.54, 1.807) is 20.3 Å². The molecule has 4 nitrogen and oxygen atoms in total. The van der Waals surface area contributed by atoms with Crippen LogP contribution in [0, 0.1) is 0 Å². The van der Waals surface area contributed by atoms with Crippen molar-refractivity contribution in [1.29, 1.82) is 0 Å². The van der Waals surface area contributed by atoms with Gasteiger partial charge in [-0.3, -0.25) is 4.79 Å². The van der Waals surface area contributed by atoms with Crippen molar-refractivity contribution in [2.75, 3.05) is 14.2 Å². The largest absolute Gasteiger partial charge is 0.497 e. The van der Waals surface area contributed by atoms with Crippen molar-refractivity contribution in [1.82, 2.24) is 0 Å². The lowest BCUT2D eigenvalue weighted by atomic mass is 9.95. The molecule has 0 bridgehead atoms. The molecule has 4 heteroatoms. The summed E-state index contributed by atoms with van der Waals surface area (Å²) < 4.78 is 16.9. The van der Waals surface area contributed by atoms with Crippen molar-refractivity contribution in [3.05, 3.63) is 107 Å². The molecule has 0 amide bonds. The van der Waals surface area contributed by atoms with E-state index in [9.17, 15) is 4.79 Å². The summed E-state index contributed by atoms with van der Waals surface area (Å²) in [5.74, 6) is 2.08. The molecule has 0 saturated heterocycles. The summed E-state index contributed by atoms with van der Waals surface area (Å²) >= 11 is 0. The third kappa shape index (κ3) is 3.99. The van der Waals surface area contributed by atoms with Gasteiger partial charge in [-0.15, -0.1) is 0 Å². The van der Waals surface area contributed by atoms with Crippen LogP contribution in [0.3, 0.4) is 0 Å². The van der Waals surface area contributed by atoms with Crippen molar-refractivity contribution in [2.45, 2.75) is 0 Å². The lowest BCUT2D eigenvalue weighted by Gasteiger charge is -2.12. The molecular formula is C29H22O4. The molecule has 4 aromatic carbocycles. The summed E-state index contributed by atoms with van der Waals surface area (Å²) in [7, 11) is 3.28. The number of rotatable bonds is 5. The minimum absolute atomic E-state index is 0.0813. The lowest BCUT2D eigenvalue weighted by molar-refractivity contribution is 0.415. The van der Waals surface area contributed by atoms with Crippen molar-refractivity contribution < 1.29 is 13.9 Å². The van der Waals surface area contributed by atoms with Crippen LogP contribution in [0.25, 0.3) is 44.5 Å². The van der Waals surface area contributed by atoms with Gasteiger partial charge in [-0.2, -0.15) is 0 Å². The van der Waals surface area contributed by atoms with E-state index in [1.807, 2.05) is 91.0 Å². The molecule has 0 spiro atoms. The lowest BCUT2D eigenvalue weighted by Crippen LogP contribution is -2.03. The molecule has 1 heterocycles. The Bertz CT molecular complexity index is 1470. The zero-order chi connectivity index (χ0) is 22.8. The molecule has 0 aliphatic heterocycles. The highest BCUT2D eigenvalue weighted by atomic mass is 16.5. The van der Waals surface area contributed by atoms with Crippen LogP contribution in [-0.2, 0) is 0 Å². The fourth-order valence-corrected chi connectivity index (χ4v) is 3.98. The second-order valence-electron chi connectivity index (χ2n) is 7.69. The highest BCUT2D eigenvalue weighted by Gasteiger charge is 2.15. The number of hydrogen-bond acceptors (Lipinski definition) is 4. The third-order valence-corrected chi connectivity index (χ3v) is 5.71. The summed E-state index contributed by atoms with van der Waals surface area (Å²) in [6, 6.07) is 30.7. The molecule has 0 atom stereocenters. The molecule has 0 fully saturated rings. The highest BCUT2D eigenvalue weighted by molar-refractivity contribution is 5.97. The first-order valence-electron chi connectivity index (χ1n) is 10.6. The van der Waals surface area contributed by atoms with E-state index in [0.717, 1.165) is 39.3 Å². The van der Waals surface area contributed by atoms with Gasteiger partial charge in [0.25, 0.3) is 0 Å². The van der Waals surface area contributed by atoms with E-state index < -0.39 is 0 Å². The second-order valence-corrected chi connectivity index (χ2v) is 7.69. The highest BCUT2D eigenvalue weighted by Crippen LogP contribution is 2.35. The number of ether oxygens (including phenoxy) is 2. The first-order chi connectivity index (χ1) is 16.2. The van der Waals surface area contributed by atoms with Crippen LogP contribution in [0.1, 0.15) is 0 Å². The van der Waals surface area contributed by atoms with Crippen molar-refractivity contribution >= 4 is 11.0 Å². The first kappa shape index (κ1) is 20.6. The Kier molecular flexibility index (Phi) is 5.41. The molecule has 1 aromatic heterocycles. The van der Waals surface area contributed by atoms with Crippen molar-refractivity contribution in [3.8, 4) is 45.1 Å². The molecule has 0 aliphatic rings. The molecule has 0 radical (unpaired) electrons. The molecule has 0 aliphatic carbocycles. The van der Waals surface area contributed by atoms with Crippen LogP contribution < -0.4 is 14.9 Å². The average molecular weight is 434 g/mol. The Hall–Kier alpha value is -4.31. The van der Waals surface area contributed by atoms with E-state index in [4.69, 9.17) is 13.9 Å². The van der Waals surface area contributed by atoms with E-state index in [2.05, 4.69) is 0 Å². The van der Waals surface area contributed by atoms with Crippen LogP contribution in [0.15, 0.2) is 106 Å². The average Bonchev–Trinajstić information content (AvgIpc) is 2.88. The number of methoxy groups -OCH3 is 2. The maximum absolute atomic E-state index is 13.3. The van der Waals surface area contributed by atoms with Gasteiger partial charge < -0.3 is 13.9 Å². The molecule has 5 aromatic rings. The Balaban J connectivity index is 1.77. The van der Waals surface area contributed by atoms with Gasteiger partial charge in [-0.1, -0.05) is 54.6 Å². The molecule has 33 heavy (non-hydrogen) atoms. The van der Waals surface area contributed by atoms with Crippen molar-refractivity contribution in [2.24, 2.45) is 0 Å². The molecule has 0 N–H and O–H groups in total. The normalized spacial score (nSPS) is 10.8. The maximum atomic E-state index is 13.3. The number of fused-ring (bicyclic) bond motifs is 1. The Morgan fingerprint density at radius 2 is 1.21 bits per heavy atom. The summed E-state index contributed by atoms with van der Waals surface area (Å²) in [6.07, 6.45) is 0. The fourth-order valence-electron chi connectivity index (χ4n) is 3.98. The van der Waals surface area contributed by atoms with Crippen LogP contribution in [0.4, 0.5) is 0 Å². The topological polar surface area (TPSA) is 48.7 Å². The Morgan fingerprint density at radius 3 is 1.82 bits per heavy atom. The minimum atomic E-state index is -0.0813. The molecule has 5 rings (SSSR count).